The van der Waals surface area contributed by atoms with Gasteiger partial charge in [-0.25, -0.2) is 0 Å². The minimum absolute atomic E-state index is 0.356. The van der Waals surface area contributed by atoms with Crippen molar-refractivity contribution in [1.29, 1.82) is 0 Å². The zero-order valence-electron chi connectivity index (χ0n) is 10.8. The highest BCUT2D eigenvalue weighted by atomic mass is 32.1. The molecule has 94 valence electrons. The standard InChI is InChI=1S/C15H22OS/c1-11-10-14(17-12(11)2)15(16)13-8-6-4-3-5-7-9-13/h8,10,15-16H,3-7,9H2,1-2H3/b13-8+. The molecule has 0 fully saturated rings. The van der Waals surface area contributed by atoms with Gasteiger partial charge in [0.1, 0.15) is 6.10 Å². The van der Waals surface area contributed by atoms with Crippen LogP contribution >= 0.6 is 11.3 Å². The molecule has 1 heterocycles. The number of allylic oxidation sites excluding steroid dienone is 1. The number of aliphatic hydroxyl groups is 1. The summed E-state index contributed by atoms with van der Waals surface area (Å²) < 4.78 is 0. The number of thiophene rings is 1. The maximum absolute atomic E-state index is 10.4. The fraction of sp³-hybridized carbons (Fsp3) is 0.600. The molecule has 0 saturated carbocycles. The van der Waals surface area contributed by atoms with E-state index in [0.29, 0.717) is 0 Å². The van der Waals surface area contributed by atoms with Gasteiger partial charge in [0.25, 0.3) is 0 Å². The molecule has 1 nitrogen and oxygen atoms in total. The zero-order valence-corrected chi connectivity index (χ0v) is 11.6. The molecular formula is C15H22OS. The van der Waals surface area contributed by atoms with E-state index >= 15 is 0 Å². The van der Waals surface area contributed by atoms with Crippen LogP contribution in [0, 0.1) is 13.8 Å². The number of hydrogen-bond donors (Lipinski definition) is 1. The molecule has 0 aliphatic heterocycles. The summed E-state index contributed by atoms with van der Waals surface area (Å²) in [5, 5.41) is 10.4. The second-order valence-electron chi connectivity index (χ2n) is 5.02. The fourth-order valence-corrected chi connectivity index (χ4v) is 3.46. The van der Waals surface area contributed by atoms with Gasteiger partial charge in [0.2, 0.25) is 0 Å². The maximum Gasteiger partial charge on any atom is 0.109 e. The molecule has 1 atom stereocenters. The Hall–Kier alpha value is -0.600. The van der Waals surface area contributed by atoms with Crippen molar-refractivity contribution in [3.05, 3.63) is 33.0 Å². The number of rotatable bonds is 2. The Balaban J connectivity index is 2.14. The highest BCUT2D eigenvalue weighted by Crippen LogP contribution is 2.33. The lowest BCUT2D eigenvalue weighted by molar-refractivity contribution is 0.213. The monoisotopic (exact) mass is 250 g/mol. The number of hydrogen-bond acceptors (Lipinski definition) is 2. The van der Waals surface area contributed by atoms with Crippen LogP contribution in [-0.4, -0.2) is 5.11 Å². The minimum atomic E-state index is -0.356. The maximum atomic E-state index is 10.4. The Morgan fingerprint density at radius 2 is 1.94 bits per heavy atom. The van der Waals surface area contributed by atoms with E-state index in [1.807, 2.05) is 0 Å². The van der Waals surface area contributed by atoms with Crippen LogP contribution in [0.15, 0.2) is 17.7 Å². The van der Waals surface area contributed by atoms with E-state index in [1.165, 1.54) is 41.7 Å². The molecule has 2 heteroatoms. The van der Waals surface area contributed by atoms with Gasteiger partial charge in [-0.2, -0.15) is 0 Å². The summed E-state index contributed by atoms with van der Waals surface area (Å²) in [4.78, 5) is 2.44. The van der Waals surface area contributed by atoms with Crippen molar-refractivity contribution in [3.63, 3.8) is 0 Å². The van der Waals surface area contributed by atoms with Crippen molar-refractivity contribution < 1.29 is 5.11 Å². The molecule has 1 aromatic rings. The molecule has 17 heavy (non-hydrogen) atoms. The first-order valence-corrected chi connectivity index (χ1v) is 7.44. The fourth-order valence-electron chi connectivity index (χ4n) is 2.38. The van der Waals surface area contributed by atoms with Crippen LogP contribution in [0.5, 0.6) is 0 Å². The van der Waals surface area contributed by atoms with Gasteiger partial charge in [-0.1, -0.05) is 18.9 Å². The van der Waals surface area contributed by atoms with Gasteiger partial charge in [0.05, 0.1) is 0 Å². The van der Waals surface area contributed by atoms with Gasteiger partial charge in [-0.3, -0.25) is 0 Å². The van der Waals surface area contributed by atoms with Crippen LogP contribution in [0.2, 0.25) is 0 Å². The van der Waals surface area contributed by atoms with Crippen molar-refractivity contribution in [2.24, 2.45) is 0 Å². The summed E-state index contributed by atoms with van der Waals surface area (Å²) in [5.41, 5.74) is 2.54. The van der Waals surface area contributed by atoms with Gasteiger partial charge >= 0.3 is 0 Å². The normalized spacial score (nSPS) is 22.4. The summed E-state index contributed by atoms with van der Waals surface area (Å²) >= 11 is 1.74. The summed E-state index contributed by atoms with van der Waals surface area (Å²) in [5.74, 6) is 0. The Labute approximate surface area is 108 Å². The average molecular weight is 250 g/mol. The van der Waals surface area contributed by atoms with Crippen molar-refractivity contribution in [3.8, 4) is 0 Å². The van der Waals surface area contributed by atoms with Gasteiger partial charge < -0.3 is 5.11 Å². The number of aliphatic hydroxyl groups excluding tert-OH is 1. The van der Waals surface area contributed by atoms with Crippen LogP contribution in [0.3, 0.4) is 0 Å². The van der Waals surface area contributed by atoms with E-state index in [-0.39, 0.29) is 6.10 Å². The SMILES string of the molecule is Cc1cc(C(O)/C2=C/CCCCCC2)sc1C. The van der Waals surface area contributed by atoms with Crippen molar-refractivity contribution in [2.75, 3.05) is 0 Å². The lowest BCUT2D eigenvalue weighted by Crippen LogP contribution is -2.01. The van der Waals surface area contributed by atoms with E-state index in [4.69, 9.17) is 0 Å². The molecule has 1 unspecified atom stereocenters. The summed E-state index contributed by atoms with van der Waals surface area (Å²) in [7, 11) is 0. The first kappa shape index (κ1) is 12.8. The van der Waals surface area contributed by atoms with E-state index < -0.39 is 0 Å². The molecule has 1 aliphatic rings. The molecule has 0 saturated heterocycles. The van der Waals surface area contributed by atoms with Crippen LogP contribution < -0.4 is 0 Å². The second-order valence-corrected chi connectivity index (χ2v) is 6.31. The van der Waals surface area contributed by atoms with Crippen LogP contribution in [0.4, 0.5) is 0 Å². The Kier molecular flexibility index (Phi) is 4.41. The lowest BCUT2D eigenvalue weighted by Gasteiger charge is -2.16. The quantitative estimate of drug-likeness (QED) is 0.756. The van der Waals surface area contributed by atoms with Crippen LogP contribution in [-0.2, 0) is 0 Å². The molecule has 0 radical (unpaired) electrons. The van der Waals surface area contributed by atoms with E-state index in [9.17, 15) is 5.11 Å². The summed E-state index contributed by atoms with van der Waals surface area (Å²) in [6.07, 6.45) is 9.28. The molecular weight excluding hydrogens is 228 g/mol. The Morgan fingerprint density at radius 3 is 2.65 bits per heavy atom. The van der Waals surface area contributed by atoms with Crippen molar-refractivity contribution in [2.45, 2.75) is 58.5 Å². The zero-order chi connectivity index (χ0) is 12.3. The van der Waals surface area contributed by atoms with E-state index in [2.05, 4.69) is 26.0 Å². The molecule has 1 aromatic heterocycles. The van der Waals surface area contributed by atoms with E-state index in [0.717, 1.165) is 17.7 Å². The minimum Gasteiger partial charge on any atom is -0.383 e. The first-order chi connectivity index (χ1) is 8.18. The molecule has 1 aliphatic carbocycles. The van der Waals surface area contributed by atoms with Gasteiger partial charge in [0, 0.05) is 9.75 Å². The van der Waals surface area contributed by atoms with E-state index in [1.54, 1.807) is 11.3 Å². The van der Waals surface area contributed by atoms with Crippen molar-refractivity contribution in [1.82, 2.24) is 0 Å². The third-order valence-electron chi connectivity index (χ3n) is 3.63. The Morgan fingerprint density at radius 1 is 1.18 bits per heavy atom. The molecule has 0 aromatic carbocycles. The number of aryl methyl sites for hydroxylation is 2. The Bertz CT molecular complexity index is 384. The third kappa shape index (κ3) is 3.20. The van der Waals surface area contributed by atoms with Crippen LogP contribution in [0.25, 0.3) is 0 Å². The predicted octanol–water partition coefficient (Wildman–Crippen LogP) is 4.68. The highest BCUT2D eigenvalue weighted by Gasteiger charge is 2.16. The van der Waals surface area contributed by atoms with Gasteiger partial charge in [-0.15, -0.1) is 11.3 Å². The smallest absolute Gasteiger partial charge is 0.109 e. The topological polar surface area (TPSA) is 20.2 Å². The summed E-state index contributed by atoms with van der Waals surface area (Å²) in [6.45, 7) is 4.25. The predicted molar refractivity (Wildman–Crippen MR) is 74.5 cm³/mol. The first-order valence-electron chi connectivity index (χ1n) is 6.62. The molecule has 2 rings (SSSR count). The average Bonchev–Trinajstić information content (AvgIpc) is 2.58. The van der Waals surface area contributed by atoms with Gasteiger partial charge in [-0.05, 0) is 56.7 Å². The molecule has 0 bridgehead atoms. The summed E-state index contributed by atoms with van der Waals surface area (Å²) in [6, 6.07) is 2.14. The molecule has 0 spiro atoms. The van der Waals surface area contributed by atoms with Gasteiger partial charge in [0.15, 0.2) is 0 Å². The van der Waals surface area contributed by atoms with Crippen molar-refractivity contribution >= 4 is 11.3 Å². The second kappa shape index (κ2) is 5.83. The largest absolute Gasteiger partial charge is 0.383 e. The third-order valence-corrected chi connectivity index (χ3v) is 4.84. The molecule has 1 N–H and O–H groups in total. The highest BCUT2D eigenvalue weighted by molar-refractivity contribution is 7.12. The lowest BCUT2D eigenvalue weighted by atomic mass is 9.95. The molecule has 0 amide bonds. The van der Waals surface area contributed by atoms with Crippen LogP contribution in [0.1, 0.15) is 59.9 Å².